The zero-order valence-corrected chi connectivity index (χ0v) is 8.89. The van der Waals surface area contributed by atoms with Crippen molar-refractivity contribution in [1.29, 1.82) is 0 Å². The maximum absolute atomic E-state index is 11.3. The van der Waals surface area contributed by atoms with Crippen LogP contribution in [0.3, 0.4) is 0 Å². The molecule has 1 aromatic rings. The fraction of sp³-hybridized carbons (Fsp3) is 0.111. The molecule has 78 valence electrons. The molecule has 0 saturated carbocycles. The molecule has 0 spiro atoms. The molecule has 1 aliphatic heterocycles. The zero-order chi connectivity index (χ0) is 11.0. The van der Waals surface area contributed by atoms with Gasteiger partial charge in [0.1, 0.15) is 6.04 Å². The minimum absolute atomic E-state index is 0.350. The Kier molecular flexibility index (Phi) is 2.54. The average Bonchev–Trinajstić information content (AvgIpc) is 2.50. The van der Waals surface area contributed by atoms with E-state index in [1.54, 1.807) is 18.2 Å². The lowest BCUT2D eigenvalue weighted by atomic mass is 10.1. The molecule has 0 unspecified atom stereocenters. The number of halogens is 2. The molecule has 2 rings (SSSR count). The van der Waals surface area contributed by atoms with Gasteiger partial charge in [0.25, 0.3) is 5.91 Å². The number of hydrogen-bond donors (Lipinski definition) is 2. The first-order chi connectivity index (χ1) is 7.08. The van der Waals surface area contributed by atoms with Crippen LogP contribution in [0.4, 0.5) is 4.79 Å². The van der Waals surface area contributed by atoms with Crippen molar-refractivity contribution in [1.82, 2.24) is 10.6 Å². The number of carbonyl (C=O) groups is 2. The van der Waals surface area contributed by atoms with E-state index in [-0.39, 0.29) is 0 Å². The molecule has 1 aliphatic rings. The third kappa shape index (κ3) is 1.91. The van der Waals surface area contributed by atoms with Crippen molar-refractivity contribution in [3.63, 3.8) is 0 Å². The van der Waals surface area contributed by atoms with Crippen LogP contribution in [0.25, 0.3) is 0 Å². The molecular formula is C9H6Cl2N2O2. The monoisotopic (exact) mass is 244 g/mol. The smallest absolute Gasteiger partial charge is 0.322 e. The Bertz CT molecular complexity index is 448. The summed E-state index contributed by atoms with van der Waals surface area (Å²) in [6.45, 7) is 0. The Balaban J connectivity index is 2.34. The van der Waals surface area contributed by atoms with E-state index in [0.717, 1.165) is 0 Å². The van der Waals surface area contributed by atoms with Crippen molar-refractivity contribution >= 4 is 35.1 Å². The lowest BCUT2D eigenvalue weighted by molar-refractivity contribution is -0.120. The van der Waals surface area contributed by atoms with Crippen molar-refractivity contribution < 1.29 is 9.59 Å². The van der Waals surface area contributed by atoms with Gasteiger partial charge < -0.3 is 5.32 Å². The maximum atomic E-state index is 11.3. The van der Waals surface area contributed by atoms with Crippen molar-refractivity contribution in [2.45, 2.75) is 6.04 Å². The SMILES string of the molecule is O=C1NC(=O)[C@@H](c2ccc(Cl)c(Cl)c2)N1. The predicted molar refractivity (Wildman–Crippen MR) is 55.9 cm³/mol. The van der Waals surface area contributed by atoms with Crippen molar-refractivity contribution in [3.8, 4) is 0 Å². The number of urea groups is 1. The molecule has 1 fully saturated rings. The number of nitrogens with one attached hydrogen (secondary N) is 2. The van der Waals surface area contributed by atoms with Gasteiger partial charge in [0.15, 0.2) is 0 Å². The summed E-state index contributed by atoms with van der Waals surface area (Å²) in [5.41, 5.74) is 0.604. The molecule has 4 nitrogen and oxygen atoms in total. The van der Waals surface area contributed by atoms with Gasteiger partial charge in [-0.05, 0) is 17.7 Å². The highest BCUT2D eigenvalue weighted by Gasteiger charge is 2.30. The number of amides is 3. The summed E-state index contributed by atoms with van der Waals surface area (Å²) in [6, 6.07) is 3.59. The second-order valence-corrected chi connectivity index (χ2v) is 3.88. The van der Waals surface area contributed by atoms with Crippen LogP contribution >= 0.6 is 23.2 Å². The highest BCUT2D eigenvalue weighted by Crippen LogP contribution is 2.26. The minimum atomic E-state index is -0.688. The fourth-order valence-corrected chi connectivity index (χ4v) is 1.65. The van der Waals surface area contributed by atoms with Crippen LogP contribution in [0.5, 0.6) is 0 Å². The van der Waals surface area contributed by atoms with Gasteiger partial charge in [-0.15, -0.1) is 0 Å². The van der Waals surface area contributed by atoms with Gasteiger partial charge in [0, 0.05) is 0 Å². The van der Waals surface area contributed by atoms with Gasteiger partial charge in [-0.1, -0.05) is 29.3 Å². The van der Waals surface area contributed by atoms with Crippen LogP contribution in [0.2, 0.25) is 10.0 Å². The molecule has 2 N–H and O–H groups in total. The molecule has 0 bridgehead atoms. The summed E-state index contributed by atoms with van der Waals surface area (Å²) in [7, 11) is 0. The van der Waals surface area contributed by atoms with E-state index in [0.29, 0.717) is 15.6 Å². The Morgan fingerprint density at radius 2 is 1.87 bits per heavy atom. The van der Waals surface area contributed by atoms with Crippen LogP contribution < -0.4 is 10.6 Å². The number of imide groups is 1. The quantitative estimate of drug-likeness (QED) is 0.742. The molecular weight excluding hydrogens is 239 g/mol. The number of benzene rings is 1. The van der Waals surface area contributed by atoms with E-state index in [4.69, 9.17) is 23.2 Å². The molecule has 0 radical (unpaired) electrons. The van der Waals surface area contributed by atoms with Crippen molar-refractivity contribution in [2.75, 3.05) is 0 Å². The van der Waals surface area contributed by atoms with Gasteiger partial charge in [0.2, 0.25) is 0 Å². The third-order valence-electron chi connectivity index (χ3n) is 2.05. The fourth-order valence-electron chi connectivity index (χ4n) is 1.34. The number of rotatable bonds is 1. The summed E-state index contributed by atoms with van der Waals surface area (Å²) >= 11 is 11.5. The van der Waals surface area contributed by atoms with Crippen LogP contribution in [0, 0.1) is 0 Å². The van der Waals surface area contributed by atoms with E-state index in [1.807, 2.05) is 0 Å². The molecule has 1 atom stereocenters. The summed E-state index contributed by atoms with van der Waals surface area (Å²) in [5, 5.41) is 5.36. The third-order valence-corrected chi connectivity index (χ3v) is 2.79. The zero-order valence-electron chi connectivity index (χ0n) is 7.38. The van der Waals surface area contributed by atoms with Crippen LogP contribution in [-0.4, -0.2) is 11.9 Å². The first kappa shape index (κ1) is 10.3. The van der Waals surface area contributed by atoms with E-state index in [9.17, 15) is 9.59 Å². The Hall–Kier alpha value is -1.26. The van der Waals surface area contributed by atoms with E-state index >= 15 is 0 Å². The molecule has 3 amide bonds. The van der Waals surface area contributed by atoms with Crippen molar-refractivity contribution in [2.24, 2.45) is 0 Å². The lowest BCUT2D eigenvalue weighted by Crippen LogP contribution is -2.22. The van der Waals surface area contributed by atoms with Crippen LogP contribution in [0.1, 0.15) is 11.6 Å². The Morgan fingerprint density at radius 3 is 2.40 bits per heavy atom. The topological polar surface area (TPSA) is 58.2 Å². The normalized spacial score (nSPS) is 20.0. The molecule has 15 heavy (non-hydrogen) atoms. The second-order valence-electron chi connectivity index (χ2n) is 3.07. The number of hydrogen-bond acceptors (Lipinski definition) is 2. The second kappa shape index (κ2) is 3.72. The maximum Gasteiger partial charge on any atom is 0.322 e. The van der Waals surface area contributed by atoms with E-state index < -0.39 is 18.0 Å². The van der Waals surface area contributed by atoms with E-state index in [2.05, 4.69) is 10.6 Å². The predicted octanol–water partition coefficient (Wildman–Crippen LogP) is 1.87. The van der Waals surface area contributed by atoms with Gasteiger partial charge in [-0.3, -0.25) is 10.1 Å². The average molecular weight is 245 g/mol. The molecule has 6 heteroatoms. The van der Waals surface area contributed by atoms with Crippen molar-refractivity contribution in [3.05, 3.63) is 33.8 Å². The first-order valence-corrected chi connectivity index (χ1v) is 4.90. The standard InChI is InChI=1S/C9H6Cl2N2O2/c10-5-2-1-4(3-6(5)11)7-8(14)13-9(15)12-7/h1-3,7H,(H2,12,13,14,15)/t7-/m1/s1. The largest absolute Gasteiger partial charge is 0.322 e. The lowest BCUT2D eigenvalue weighted by Gasteiger charge is -2.08. The van der Waals surface area contributed by atoms with Gasteiger partial charge >= 0.3 is 6.03 Å². The van der Waals surface area contributed by atoms with Gasteiger partial charge in [-0.2, -0.15) is 0 Å². The molecule has 1 heterocycles. The van der Waals surface area contributed by atoms with E-state index in [1.165, 1.54) is 0 Å². The molecule has 0 aromatic heterocycles. The summed E-state index contributed by atoms with van der Waals surface area (Å²) in [4.78, 5) is 22.2. The molecule has 0 aliphatic carbocycles. The van der Waals surface area contributed by atoms with Gasteiger partial charge in [0.05, 0.1) is 10.0 Å². The summed E-state index contributed by atoms with van der Waals surface area (Å²) in [6.07, 6.45) is 0. The Morgan fingerprint density at radius 1 is 1.13 bits per heavy atom. The molecule has 1 saturated heterocycles. The minimum Gasteiger partial charge on any atom is -0.322 e. The van der Waals surface area contributed by atoms with Gasteiger partial charge in [-0.25, -0.2) is 4.79 Å². The molecule has 1 aromatic carbocycles. The van der Waals surface area contributed by atoms with Crippen LogP contribution in [0.15, 0.2) is 18.2 Å². The highest BCUT2D eigenvalue weighted by atomic mass is 35.5. The van der Waals surface area contributed by atoms with Crippen LogP contribution in [-0.2, 0) is 4.79 Å². The first-order valence-electron chi connectivity index (χ1n) is 4.14. The Labute approximate surface area is 95.5 Å². The summed E-state index contributed by atoms with van der Waals surface area (Å²) < 4.78 is 0. The summed E-state index contributed by atoms with van der Waals surface area (Å²) in [5.74, 6) is -0.390. The highest BCUT2D eigenvalue weighted by molar-refractivity contribution is 6.42. The number of carbonyl (C=O) groups excluding carboxylic acids is 2.